The minimum Gasteiger partial charge on any atom is -0.325 e. The highest BCUT2D eigenvalue weighted by molar-refractivity contribution is 8.00. The average molecular weight is 449 g/mol. The molecule has 0 unspecified atom stereocenters. The van der Waals surface area contributed by atoms with Gasteiger partial charge in [0.2, 0.25) is 5.91 Å². The zero-order valence-corrected chi connectivity index (χ0v) is 18.6. The number of carbonyl (C=O) groups excluding carboxylic acids is 2. The van der Waals surface area contributed by atoms with Gasteiger partial charge in [-0.05, 0) is 43.7 Å². The third-order valence-electron chi connectivity index (χ3n) is 4.75. The first-order valence-electron chi connectivity index (χ1n) is 9.61. The van der Waals surface area contributed by atoms with Crippen molar-refractivity contribution in [1.82, 2.24) is 9.97 Å². The summed E-state index contributed by atoms with van der Waals surface area (Å²) in [5.74, 6) is -0.312. The molecule has 0 bridgehead atoms. The van der Waals surface area contributed by atoms with E-state index in [1.54, 1.807) is 35.6 Å². The summed E-state index contributed by atoms with van der Waals surface area (Å²) in [6, 6.07) is 16.2. The Morgan fingerprint density at radius 3 is 2.52 bits per heavy atom. The number of para-hydroxylation sites is 2. The largest absolute Gasteiger partial charge is 0.325 e. The van der Waals surface area contributed by atoms with Crippen LogP contribution < -0.4 is 10.6 Å². The van der Waals surface area contributed by atoms with Crippen molar-refractivity contribution in [2.45, 2.75) is 18.9 Å². The number of amides is 2. The highest BCUT2D eigenvalue weighted by atomic mass is 32.2. The number of hydrogen-bond acceptors (Lipinski definition) is 6. The van der Waals surface area contributed by atoms with E-state index in [0.717, 1.165) is 20.8 Å². The van der Waals surface area contributed by atoms with Gasteiger partial charge in [-0.1, -0.05) is 42.1 Å². The summed E-state index contributed by atoms with van der Waals surface area (Å²) in [7, 11) is 0. The molecule has 0 aliphatic rings. The van der Waals surface area contributed by atoms with Crippen LogP contribution in [0.3, 0.4) is 0 Å². The molecule has 2 aromatic carbocycles. The van der Waals surface area contributed by atoms with E-state index in [1.807, 2.05) is 37.3 Å². The average Bonchev–Trinajstić information content (AvgIpc) is 3.07. The number of carbonyl (C=O) groups is 2. The maximum absolute atomic E-state index is 12.7. The van der Waals surface area contributed by atoms with Crippen LogP contribution in [0, 0.1) is 13.8 Å². The predicted octanol–water partition coefficient (Wildman–Crippen LogP) is 5.29. The molecule has 2 amide bonds. The molecule has 8 heteroatoms. The van der Waals surface area contributed by atoms with Crippen molar-refractivity contribution in [3.63, 3.8) is 0 Å². The van der Waals surface area contributed by atoms with Gasteiger partial charge in [0.25, 0.3) is 5.91 Å². The number of nitrogens with one attached hydrogen (secondary N) is 2. The molecule has 0 saturated heterocycles. The summed E-state index contributed by atoms with van der Waals surface area (Å²) in [5, 5.41) is 7.50. The van der Waals surface area contributed by atoms with Crippen LogP contribution in [-0.4, -0.2) is 27.5 Å². The molecule has 0 atom stereocenters. The minimum absolute atomic E-state index is 0.176. The lowest BCUT2D eigenvalue weighted by molar-refractivity contribution is -0.113. The second-order valence-corrected chi connectivity index (χ2v) is 9.01. The molecule has 0 saturated carbocycles. The van der Waals surface area contributed by atoms with Gasteiger partial charge in [-0.15, -0.1) is 11.3 Å². The maximum atomic E-state index is 12.7. The number of hydrogen-bond donors (Lipinski definition) is 2. The highest BCUT2D eigenvalue weighted by Gasteiger charge is 2.16. The van der Waals surface area contributed by atoms with Crippen LogP contribution in [-0.2, 0) is 4.79 Å². The first-order valence-corrected chi connectivity index (χ1v) is 11.4. The molecule has 0 aliphatic heterocycles. The summed E-state index contributed by atoms with van der Waals surface area (Å²) in [6.45, 7) is 4.10. The number of anilines is 2. The van der Waals surface area contributed by atoms with E-state index in [9.17, 15) is 9.59 Å². The molecule has 4 aromatic rings. The predicted molar refractivity (Wildman–Crippen MR) is 127 cm³/mol. The van der Waals surface area contributed by atoms with Crippen LogP contribution in [0.5, 0.6) is 0 Å². The first-order chi connectivity index (χ1) is 15.0. The van der Waals surface area contributed by atoms with Gasteiger partial charge < -0.3 is 10.6 Å². The topological polar surface area (TPSA) is 84.0 Å². The second kappa shape index (κ2) is 9.28. The fourth-order valence-corrected chi connectivity index (χ4v) is 5.01. The third kappa shape index (κ3) is 4.76. The number of rotatable bonds is 6. The Morgan fingerprint density at radius 1 is 0.968 bits per heavy atom. The third-order valence-corrected chi connectivity index (χ3v) is 6.85. The van der Waals surface area contributed by atoms with Gasteiger partial charge in [-0.3, -0.25) is 9.59 Å². The quantitative estimate of drug-likeness (QED) is 0.309. The van der Waals surface area contributed by atoms with Crippen LogP contribution in [0.4, 0.5) is 11.4 Å². The summed E-state index contributed by atoms with van der Waals surface area (Å²) in [4.78, 5) is 36.2. The van der Waals surface area contributed by atoms with E-state index in [2.05, 4.69) is 27.5 Å². The lowest BCUT2D eigenvalue weighted by Gasteiger charge is -2.11. The van der Waals surface area contributed by atoms with Crippen LogP contribution in [0.2, 0.25) is 0 Å². The van der Waals surface area contributed by atoms with Gasteiger partial charge in [-0.25, -0.2) is 9.97 Å². The molecule has 31 heavy (non-hydrogen) atoms. The van der Waals surface area contributed by atoms with Gasteiger partial charge in [0.1, 0.15) is 16.2 Å². The monoisotopic (exact) mass is 448 g/mol. The van der Waals surface area contributed by atoms with Crippen molar-refractivity contribution in [1.29, 1.82) is 0 Å². The van der Waals surface area contributed by atoms with Crippen molar-refractivity contribution in [3.05, 3.63) is 76.9 Å². The van der Waals surface area contributed by atoms with E-state index in [-0.39, 0.29) is 17.6 Å². The van der Waals surface area contributed by atoms with Crippen LogP contribution in [0.15, 0.2) is 66.0 Å². The Kier molecular flexibility index (Phi) is 6.29. The van der Waals surface area contributed by atoms with Crippen molar-refractivity contribution in [3.8, 4) is 0 Å². The standard InChI is InChI=1S/C23H20N4O2S2/c1-14-15(2)31-23-20(14)22(24-13-25-23)30-12-19(28)27-18-11-7-6-10-17(18)21(29)26-16-8-4-3-5-9-16/h3-11,13H,12H2,1-2H3,(H,26,29)(H,27,28). The SMILES string of the molecule is Cc1sc2ncnc(SCC(=O)Nc3ccccc3C(=O)Nc3ccccc3)c2c1C. The van der Waals surface area contributed by atoms with Gasteiger partial charge >= 0.3 is 0 Å². The number of aromatic nitrogens is 2. The number of thiophene rings is 1. The van der Waals surface area contributed by atoms with E-state index in [1.165, 1.54) is 23.0 Å². The number of aryl methyl sites for hydroxylation is 2. The molecule has 2 heterocycles. The lowest BCUT2D eigenvalue weighted by Crippen LogP contribution is -2.19. The summed E-state index contributed by atoms with van der Waals surface area (Å²) in [6.07, 6.45) is 1.53. The van der Waals surface area contributed by atoms with Crippen molar-refractivity contribution in [2.75, 3.05) is 16.4 Å². The molecule has 6 nitrogen and oxygen atoms in total. The van der Waals surface area contributed by atoms with Gasteiger partial charge in [0, 0.05) is 16.0 Å². The number of nitrogens with zero attached hydrogens (tertiary/aromatic N) is 2. The fourth-order valence-electron chi connectivity index (χ4n) is 3.09. The van der Waals surface area contributed by atoms with Crippen molar-refractivity contribution >= 4 is 56.5 Å². The Hall–Kier alpha value is -3.23. The molecule has 0 spiro atoms. The van der Waals surface area contributed by atoms with E-state index in [0.29, 0.717) is 16.9 Å². The number of thioether (sulfide) groups is 1. The molecule has 0 fully saturated rings. The lowest BCUT2D eigenvalue weighted by atomic mass is 10.1. The molecule has 0 radical (unpaired) electrons. The minimum atomic E-state index is -0.281. The summed E-state index contributed by atoms with van der Waals surface area (Å²) in [5.41, 5.74) is 2.71. The summed E-state index contributed by atoms with van der Waals surface area (Å²) >= 11 is 2.99. The Labute approximate surface area is 188 Å². The van der Waals surface area contributed by atoms with E-state index in [4.69, 9.17) is 0 Å². The molecule has 2 aromatic heterocycles. The van der Waals surface area contributed by atoms with Gasteiger partial charge in [-0.2, -0.15) is 0 Å². The molecular weight excluding hydrogens is 428 g/mol. The zero-order valence-electron chi connectivity index (χ0n) is 17.0. The van der Waals surface area contributed by atoms with Gasteiger partial charge in [0.05, 0.1) is 17.0 Å². The summed E-state index contributed by atoms with van der Waals surface area (Å²) < 4.78 is 0. The smallest absolute Gasteiger partial charge is 0.257 e. The molecule has 0 aliphatic carbocycles. The van der Waals surface area contributed by atoms with E-state index < -0.39 is 0 Å². The molecule has 2 N–H and O–H groups in total. The van der Waals surface area contributed by atoms with Crippen molar-refractivity contribution < 1.29 is 9.59 Å². The van der Waals surface area contributed by atoms with Gasteiger partial charge in [0.15, 0.2) is 0 Å². The zero-order chi connectivity index (χ0) is 21.8. The normalized spacial score (nSPS) is 10.8. The van der Waals surface area contributed by atoms with Crippen LogP contribution in [0.1, 0.15) is 20.8 Å². The van der Waals surface area contributed by atoms with E-state index >= 15 is 0 Å². The second-order valence-electron chi connectivity index (χ2n) is 6.84. The van der Waals surface area contributed by atoms with Crippen molar-refractivity contribution in [2.24, 2.45) is 0 Å². The van der Waals surface area contributed by atoms with Crippen LogP contribution in [0.25, 0.3) is 10.2 Å². The fraction of sp³-hybridized carbons (Fsp3) is 0.130. The Morgan fingerprint density at radius 2 is 1.71 bits per heavy atom. The number of benzene rings is 2. The highest BCUT2D eigenvalue weighted by Crippen LogP contribution is 2.34. The molecule has 4 rings (SSSR count). The van der Waals surface area contributed by atoms with Crippen LogP contribution >= 0.6 is 23.1 Å². The Balaban J connectivity index is 1.46. The number of fused-ring (bicyclic) bond motifs is 1. The maximum Gasteiger partial charge on any atom is 0.257 e. The molecular formula is C23H20N4O2S2. The first kappa shape index (κ1) is 21.0. The molecule has 156 valence electrons. The Bertz CT molecular complexity index is 1260.